The maximum atomic E-state index is 11.1. The first-order chi connectivity index (χ1) is 6.74. The Kier molecular flexibility index (Phi) is 3.94. The molecule has 1 aromatic carbocycles. The zero-order valence-electron chi connectivity index (χ0n) is 8.12. The first-order valence-electron chi connectivity index (χ1n) is 4.45. The van der Waals surface area contributed by atoms with Crippen LogP contribution in [-0.2, 0) is 0 Å². The van der Waals surface area contributed by atoms with Crippen LogP contribution >= 0.6 is 0 Å². The summed E-state index contributed by atoms with van der Waals surface area (Å²) in [5.74, 6) is 0.571. The van der Waals surface area contributed by atoms with Gasteiger partial charge in [0.2, 0.25) is 0 Å². The zero-order valence-corrected chi connectivity index (χ0v) is 8.12. The van der Waals surface area contributed by atoms with Gasteiger partial charge in [-0.15, -0.1) is 0 Å². The second-order valence-electron chi connectivity index (χ2n) is 2.87. The number of nitrogens with one attached hydrogen (secondary N) is 1. The van der Waals surface area contributed by atoms with Gasteiger partial charge in [0.15, 0.2) is 0 Å². The lowest BCUT2D eigenvalue weighted by molar-refractivity contribution is 0.200. The lowest BCUT2D eigenvalue weighted by Crippen LogP contribution is -2.31. The van der Waals surface area contributed by atoms with E-state index in [1.807, 2.05) is 25.1 Å². The van der Waals surface area contributed by atoms with Gasteiger partial charge in [-0.3, -0.25) is 0 Å². The molecule has 0 radical (unpaired) electrons. The monoisotopic (exact) mass is 194 g/mol. The van der Waals surface area contributed by atoms with Crippen molar-refractivity contribution in [2.45, 2.75) is 6.92 Å². The van der Waals surface area contributed by atoms with Crippen molar-refractivity contribution in [3.63, 3.8) is 0 Å². The molecule has 0 aliphatic rings. The number of hydrogen-bond acceptors (Lipinski definition) is 3. The average molecular weight is 194 g/mol. The molecule has 76 valence electrons. The van der Waals surface area contributed by atoms with Gasteiger partial charge in [-0.25, -0.2) is 4.79 Å². The minimum absolute atomic E-state index is 0.406. The highest BCUT2D eigenvalue weighted by Crippen LogP contribution is 2.15. The van der Waals surface area contributed by atoms with E-state index in [1.165, 1.54) is 0 Å². The number of para-hydroxylation sites is 1. The van der Waals surface area contributed by atoms with E-state index in [-0.39, 0.29) is 0 Å². The lowest BCUT2D eigenvalue weighted by atomic mass is 10.2. The molecule has 14 heavy (non-hydrogen) atoms. The zero-order chi connectivity index (χ0) is 10.4. The molecule has 0 saturated heterocycles. The molecule has 0 fully saturated rings. The summed E-state index contributed by atoms with van der Waals surface area (Å²) >= 11 is 0. The molecule has 4 heteroatoms. The molecule has 0 aromatic heterocycles. The molecular formula is C10H14N2O2. The van der Waals surface area contributed by atoms with Gasteiger partial charge in [0.1, 0.15) is 5.75 Å². The first kappa shape index (κ1) is 10.5. The summed E-state index contributed by atoms with van der Waals surface area (Å²) in [4.78, 5) is 11.1. The van der Waals surface area contributed by atoms with Gasteiger partial charge in [-0.1, -0.05) is 18.2 Å². The van der Waals surface area contributed by atoms with Gasteiger partial charge in [-0.2, -0.15) is 0 Å². The number of amides is 1. The summed E-state index contributed by atoms with van der Waals surface area (Å²) in [6, 6.07) is 7.33. The number of ether oxygens (including phenoxy) is 1. The minimum atomic E-state index is -0.468. The Balaban J connectivity index is 2.52. The molecule has 0 spiro atoms. The van der Waals surface area contributed by atoms with Crippen molar-refractivity contribution in [2.75, 3.05) is 13.1 Å². The van der Waals surface area contributed by atoms with E-state index in [4.69, 9.17) is 10.5 Å². The third-order valence-electron chi connectivity index (χ3n) is 1.71. The molecule has 0 aliphatic carbocycles. The van der Waals surface area contributed by atoms with E-state index < -0.39 is 6.09 Å². The topological polar surface area (TPSA) is 64.3 Å². The Bertz CT molecular complexity index is 313. The quantitative estimate of drug-likeness (QED) is 0.755. The van der Waals surface area contributed by atoms with Crippen LogP contribution in [0.4, 0.5) is 4.79 Å². The van der Waals surface area contributed by atoms with Crippen molar-refractivity contribution in [1.29, 1.82) is 0 Å². The summed E-state index contributed by atoms with van der Waals surface area (Å²) in [5, 5.41) is 2.52. The fourth-order valence-electron chi connectivity index (χ4n) is 0.981. The molecule has 1 amide bonds. The molecule has 1 rings (SSSR count). The summed E-state index contributed by atoms with van der Waals surface area (Å²) in [5.41, 5.74) is 6.16. The molecule has 0 saturated carbocycles. The van der Waals surface area contributed by atoms with Crippen LogP contribution < -0.4 is 15.8 Å². The molecule has 0 aliphatic heterocycles. The fourth-order valence-corrected chi connectivity index (χ4v) is 0.981. The van der Waals surface area contributed by atoms with Crippen LogP contribution in [0.25, 0.3) is 0 Å². The first-order valence-corrected chi connectivity index (χ1v) is 4.45. The van der Waals surface area contributed by atoms with Gasteiger partial charge in [-0.05, 0) is 18.6 Å². The normalized spacial score (nSPS) is 9.57. The molecule has 0 heterocycles. The predicted octanol–water partition coefficient (Wildman–Crippen LogP) is 1.04. The van der Waals surface area contributed by atoms with Crippen molar-refractivity contribution < 1.29 is 9.53 Å². The Labute approximate surface area is 83.1 Å². The van der Waals surface area contributed by atoms with Crippen LogP contribution in [0.2, 0.25) is 0 Å². The largest absolute Gasteiger partial charge is 0.412 e. The third-order valence-corrected chi connectivity index (χ3v) is 1.71. The molecule has 0 unspecified atom stereocenters. The highest BCUT2D eigenvalue weighted by atomic mass is 16.6. The fraction of sp³-hybridized carbons (Fsp3) is 0.300. The second-order valence-corrected chi connectivity index (χ2v) is 2.87. The molecule has 4 nitrogen and oxygen atoms in total. The SMILES string of the molecule is Cc1ccccc1OC(=O)NCCN. The van der Waals surface area contributed by atoms with Crippen molar-refractivity contribution in [1.82, 2.24) is 5.32 Å². The smallest absolute Gasteiger partial charge is 0.410 e. The molecule has 3 N–H and O–H groups in total. The molecule has 0 atom stereocenters. The highest BCUT2D eigenvalue weighted by molar-refractivity contribution is 5.70. The summed E-state index contributed by atoms with van der Waals surface area (Å²) in [7, 11) is 0. The second kappa shape index (κ2) is 5.24. The Hall–Kier alpha value is -1.55. The van der Waals surface area contributed by atoms with Crippen molar-refractivity contribution in [3.05, 3.63) is 29.8 Å². The number of aryl methyl sites for hydroxylation is 1. The van der Waals surface area contributed by atoms with Crippen LogP contribution in [0.1, 0.15) is 5.56 Å². The Morgan fingerprint density at radius 1 is 1.50 bits per heavy atom. The standard InChI is InChI=1S/C10H14N2O2/c1-8-4-2-3-5-9(8)14-10(13)12-7-6-11/h2-5H,6-7,11H2,1H3,(H,12,13). The summed E-state index contributed by atoms with van der Waals surface area (Å²) in [6.45, 7) is 2.71. The number of benzene rings is 1. The average Bonchev–Trinajstić information content (AvgIpc) is 2.18. The van der Waals surface area contributed by atoms with Gasteiger partial charge in [0, 0.05) is 13.1 Å². The Morgan fingerprint density at radius 2 is 2.21 bits per heavy atom. The molecule has 1 aromatic rings. The van der Waals surface area contributed by atoms with Crippen molar-refractivity contribution in [3.8, 4) is 5.75 Å². The number of carbonyl (C=O) groups is 1. The summed E-state index contributed by atoms with van der Waals surface area (Å²) < 4.78 is 5.04. The van der Waals surface area contributed by atoms with Crippen LogP contribution in [0.5, 0.6) is 5.75 Å². The van der Waals surface area contributed by atoms with E-state index in [9.17, 15) is 4.79 Å². The number of hydrogen-bond donors (Lipinski definition) is 2. The van der Waals surface area contributed by atoms with E-state index >= 15 is 0 Å². The van der Waals surface area contributed by atoms with Crippen LogP contribution in [0.3, 0.4) is 0 Å². The number of rotatable bonds is 3. The predicted molar refractivity (Wildman–Crippen MR) is 54.3 cm³/mol. The van der Waals surface area contributed by atoms with E-state index in [2.05, 4.69) is 5.32 Å². The molecular weight excluding hydrogens is 180 g/mol. The van der Waals surface area contributed by atoms with Crippen molar-refractivity contribution in [2.24, 2.45) is 5.73 Å². The van der Waals surface area contributed by atoms with Crippen molar-refractivity contribution >= 4 is 6.09 Å². The maximum Gasteiger partial charge on any atom is 0.412 e. The Morgan fingerprint density at radius 3 is 2.86 bits per heavy atom. The highest BCUT2D eigenvalue weighted by Gasteiger charge is 2.04. The maximum absolute atomic E-state index is 11.1. The van der Waals surface area contributed by atoms with Crippen LogP contribution in [-0.4, -0.2) is 19.2 Å². The van der Waals surface area contributed by atoms with Gasteiger partial charge < -0.3 is 15.8 Å². The van der Waals surface area contributed by atoms with Gasteiger partial charge in [0.25, 0.3) is 0 Å². The number of carbonyl (C=O) groups excluding carboxylic acids is 1. The van der Waals surface area contributed by atoms with Crippen LogP contribution in [0, 0.1) is 6.92 Å². The van der Waals surface area contributed by atoms with E-state index in [0.29, 0.717) is 18.8 Å². The summed E-state index contributed by atoms with van der Waals surface area (Å²) in [6.07, 6.45) is -0.468. The van der Waals surface area contributed by atoms with Crippen LogP contribution in [0.15, 0.2) is 24.3 Å². The van der Waals surface area contributed by atoms with E-state index in [0.717, 1.165) is 5.56 Å². The van der Waals surface area contributed by atoms with E-state index in [1.54, 1.807) is 6.07 Å². The minimum Gasteiger partial charge on any atom is -0.410 e. The number of nitrogens with two attached hydrogens (primary N) is 1. The molecule has 0 bridgehead atoms. The van der Waals surface area contributed by atoms with Gasteiger partial charge >= 0.3 is 6.09 Å². The lowest BCUT2D eigenvalue weighted by Gasteiger charge is -2.07. The third kappa shape index (κ3) is 3.06. The van der Waals surface area contributed by atoms with Gasteiger partial charge in [0.05, 0.1) is 0 Å².